The molecule has 5 nitrogen and oxygen atoms in total. The lowest BCUT2D eigenvalue weighted by Crippen LogP contribution is -2.26. The number of benzene rings is 1. The molecule has 1 unspecified atom stereocenters. The van der Waals surface area contributed by atoms with E-state index in [2.05, 4.69) is 4.72 Å². The Morgan fingerprint density at radius 3 is 2.83 bits per heavy atom. The summed E-state index contributed by atoms with van der Waals surface area (Å²) in [4.78, 5) is 0.210. The number of aliphatic hydroxyl groups excluding tert-OH is 1. The Balaban J connectivity index is 0.00000162. The minimum atomic E-state index is -3.53. The lowest BCUT2D eigenvalue weighted by atomic mass is 10.1. The monoisotopic (exact) mass is 292 g/mol. The second-order valence-corrected chi connectivity index (χ2v) is 5.89. The summed E-state index contributed by atoms with van der Waals surface area (Å²) in [5.41, 5.74) is 7.94. The van der Waals surface area contributed by atoms with Crippen molar-refractivity contribution in [3.63, 3.8) is 0 Å². The lowest BCUT2D eigenvalue weighted by Gasteiger charge is -2.09. The molecule has 18 heavy (non-hydrogen) atoms. The van der Waals surface area contributed by atoms with Gasteiger partial charge in [0.25, 0.3) is 0 Å². The van der Waals surface area contributed by atoms with E-state index in [4.69, 9.17) is 10.8 Å². The Morgan fingerprint density at radius 1 is 1.44 bits per heavy atom. The third kappa shape index (κ3) is 3.02. The quantitative estimate of drug-likeness (QED) is 0.745. The molecule has 1 aliphatic carbocycles. The molecule has 1 atom stereocenters. The SMILES string of the molecule is Cl.NC1CCc2ccc(S(=O)(=O)NCCO)cc21. The maximum atomic E-state index is 11.8. The Morgan fingerprint density at radius 2 is 2.17 bits per heavy atom. The number of sulfonamides is 1. The second kappa shape index (κ2) is 5.99. The number of aliphatic hydroxyl groups is 1. The molecule has 0 saturated heterocycles. The molecule has 0 aromatic heterocycles. The summed E-state index contributed by atoms with van der Waals surface area (Å²) in [7, 11) is -3.53. The average Bonchev–Trinajstić information content (AvgIpc) is 2.68. The van der Waals surface area contributed by atoms with Gasteiger partial charge in [-0.25, -0.2) is 13.1 Å². The Bertz CT molecular complexity index is 519. The van der Waals surface area contributed by atoms with Crippen LogP contribution < -0.4 is 10.5 Å². The van der Waals surface area contributed by atoms with Crippen LogP contribution >= 0.6 is 12.4 Å². The normalized spacial score (nSPS) is 18.2. The molecule has 0 heterocycles. The summed E-state index contributed by atoms with van der Waals surface area (Å²) in [6.45, 7) is -0.199. The molecule has 0 amide bonds. The number of halogens is 1. The summed E-state index contributed by atoms with van der Waals surface area (Å²) in [5.74, 6) is 0. The van der Waals surface area contributed by atoms with Crippen LogP contribution in [-0.4, -0.2) is 26.7 Å². The Kier molecular flexibility index (Phi) is 5.12. The van der Waals surface area contributed by atoms with Crippen molar-refractivity contribution in [3.8, 4) is 0 Å². The third-order valence-electron chi connectivity index (χ3n) is 2.96. The molecule has 102 valence electrons. The second-order valence-electron chi connectivity index (χ2n) is 4.13. The Hall–Kier alpha value is -0.660. The number of nitrogens with two attached hydrogens (primary N) is 1. The van der Waals surface area contributed by atoms with E-state index in [1.54, 1.807) is 12.1 Å². The highest BCUT2D eigenvalue weighted by Gasteiger charge is 2.22. The fourth-order valence-corrected chi connectivity index (χ4v) is 3.10. The number of hydrogen-bond donors (Lipinski definition) is 3. The molecule has 1 aliphatic rings. The summed E-state index contributed by atoms with van der Waals surface area (Å²) in [5, 5.41) is 8.63. The van der Waals surface area contributed by atoms with E-state index in [1.165, 1.54) is 0 Å². The van der Waals surface area contributed by atoms with Gasteiger partial charge in [0.1, 0.15) is 0 Å². The predicted molar refractivity (Wildman–Crippen MR) is 71.2 cm³/mol. The predicted octanol–water partition coefficient (Wildman–Crippen LogP) is 0.325. The smallest absolute Gasteiger partial charge is 0.240 e. The van der Waals surface area contributed by atoms with Crippen LogP contribution in [-0.2, 0) is 16.4 Å². The molecule has 0 bridgehead atoms. The van der Waals surface area contributed by atoms with Crippen molar-refractivity contribution in [1.82, 2.24) is 4.72 Å². The van der Waals surface area contributed by atoms with E-state index in [9.17, 15) is 8.42 Å². The standard InChI is InChI=1S/C11H16N2O3S.ClH/c12-11-4-2-8-1-3-9(7-10(8)11)17(15,16)13-5-6-14;/h1,3,7,11,13-14H,2,4-6,12H2;1H. The molecular formula is C11H17ClN2O3S. The van der Waals surface area contributed by atoms with Crippen LogP contribution in [0.25, 0.3) is 0 Å². The summed E-state index contributed by atoms with van der Waals surface area (Å²) in [6, 6.07) is 4.96. The molecule has 0 spiro atoms. The topological polar surface area (TPSA) is 92.4 Å². The molecule has 0 radical (unpaired) electrons. The summed E-state index contributed by atoms with van der Waals surface area (Å²) in [6.07, 6.45) is 1.77. The van der Waals surface area contributed by atoms with Crippen molar-refractivity contribution < 1.29 is 13.5 Å². The highest BCUT2D eigenvalue weighted by molar-refractivity contribution is 7.89. The van der Waals surface area contributed by atoms with Crippen LogP contribution in [0, 0.1) is 0 Å². The molecule has 1 aromatic rings. The average molecular weight is 293 g/mol. The maximum Gasteiger partial charge on any atom is 0.240 e. The van der Waals surface area contributed by atoms with Gasteiger partial charge >= 0.3 is 0 Å². The van der Waals surface area contributed by atoms with E-state index in [1.807, 2.05) is 6.07 Å². The molecular weight excluding hydrogens is 276 g/mol. The van der Waals surface area contributed by atoms with E-state index < -0.39 is 10.0 Å². The largest absolute Gasteiger partial charge is 0.395 e. The highest BCUT2D eigenvalue weighted by Crippen LogP contribution is 2.30. The van der Waals surface area contributed by atoms with Gasteiger partial charge in [0.2, 0.25) is 10.0 Å². The minimum Gasteiger partial charge on any atom is -0.395 e. The van der Waals surface area contributed by atoms with Crippen molar-refractivity contribution in [2.75, 3.05) is 13.2 Å². The molecule has 1 aromatic carbocycles. The van der Waals surface area contributed by atoms with Crippen LogP contribution in [0.15, 0.2) is 23.1 Å². The van der Waals surface area contributed by atoms with Gasteiger partial charge in [-0.15, -0.1) is 12.4 Å². The summed E-state index contributed by atoms with van der Waals surface area (Å²) < 4.78 is 26.0. The first-order valence-electron chi connectivity index (χ1n) is 5.53. The third-order valence-corrected chi connectivity index (χ3v) is 4.41. The van der Waals surface area contributed by atoms with Gasteiger partial charge in [-0.1, -0.05) is 6.07 Å². The van der Waals surface area contributed by atoms with E-state index in [0.29, 0.717) is 0 Å². The number of nitrogens with one attached hydrogen (secondary N) is 1. The van der Waals surface area contributed by atoms with Gasteiger partial charge in [-0.05, 0) is 36.1 Å². The van der Waals surface area contributed by atoms with E-state index >= 15 is 0 Å². The van der Waals surface area contributed by atoms with E-state index in [0.717, 1.165) is 24.0 Å². The maximum absolute atomic E-state index is 11.8. The first-order chi connectivity index (χ1) is 8.04. The van der Waals surface area contributed by atoms with Gasteiger partial charge in [0.05, 0.1) is 11.5 Å². The van der Waals surface area contributed by atoms with Crippen LogP contribution in [0.3, 0.4) is 0 Å². The van der Waals surface area contributed by atoms with Crippen LogP contribution in [0.1, 0.15) is 23.6 Å². The first kappa shape index (κ1) is 15.4. The molecule has 7 heteroatoms. The fraction of sp³-hybridized carbons (Fsp3) is 0.455. The number of rotatable bonds is 4. The fourth-order valence-electron chi connectivity index (χ4n) is 2.04. The highest BCUT2D eigenvalue weighted by atomic mass is 35.5. The van der Waals surface area contributed by atoms with Crippen molar-refractivity contribution >= 4 is 22.4 Å². The first-order valence-corrected chi connectivity index (χ1v) is 7.02. The molecule has 0 fully saturated rings. The van der Waals surface area contributed by atoms with Gasteiger partial charge in [-0.2, -0.15) is 0 Å². The van der Waals surface area contributed by atoms with Gasteiger partial charge in [0.15, 0.2) is 0 Å². The Labute approximate surface area is 113 Å². The van der Waals surface area contributed by atoms with E-state index in [-0.39, 0.29) is 36.5 Å². The number of aryl methyl sites for hydroxylation is 1. The zero-order valence-electron chi connectivity index (χ0n) is 9.80. The van der Waals surface area contributed by atoms with Gasteiger partial charge < -0.3 is 10.8 Å². The number of hydrogen-bond acceptors (Lipinski definition) is 4. The van der Waals surface area contributed by atoms with Crippen LogP contribution in [0.2, 0.25) is 0 Å². The molecule has 0 aliphatic heterocycles. The van der Waals surface area contributed by atoms with Crippen molar-refractivity contribution in [2.24, 2.45) is 5.73 Å². The van der Waals surface area contributed by atoms with Gasteiger partial charge in [0, 0.05) is 12.6 Å². The zero-order valence-corrected chi connectivity index (χ0v) is 11.4. The van der Waals surface area contributed by atoms with Gasteiger partial charge in [-0.3, -0.25) is 0 Å². The molecule has 4 N–H and O–H groups in total. The molecule has 2 rings (SSSR count). The lowest BCUT2D eigenvalue weighted by molar-refractivity contribution is 0.301. The number of fused-ring (bicyclic) bond motifs is 1. The van der Waals surface area contributed by atoms with Crippen LogP contribution in [0.5, 0.6) is 0 Å². The zero-order chi connectivity index (χ0) is 12.5. The van der Waals surface area contributed by atoms with Crippen molar-refractivity contribution in [3.05, 3.63) is 29.3 Å². The van der Waals surface area contributed by atoms with Crippen molar-refractivity contribution in [2.45, 2.75) is 23.8 Å². The van der Waals surface area contributed by atoms with Crippen molar-refractivity contribution in [1.29, 1.82) is 0 Å². The minimum absolute atomic E-state index is 0. The van der Waals surface area contributed by atoms with Crippen LogP contribution in [0.4, 0.5) is 0 Å². The summed E-state index contributed by atoms with van der Waals surface area (Å²) >= 11 is 0. The molecule has 0 saturated carbocycles.